The van der Waals surface area contributed by atoms with E-state index in [1.54, 1.807) is 17.5 Å². The van der Waals surface area contributed by atoms with Crippen molar-refractivity contribution in [2.75, 3.05) is 19.6 Å². The Morgan fingerprint density at radius 3 is 2.67 bits per heavy atom. The molecule has 0 aliphatic carbocycles. The molecule has 128 valence electrons. The lowest BCUT2D eigenvalue weighted by Crippen LogP contribution is -2.31. The van der Waals surface area contributed by atoms with Gasteiger partial charge in [0.15, 0.2) is 0 Å². The molecule has 0 bridgehead atoms. The number of nitrogens with one attached hydrogen (secondary N) is 1. The molecule has 3 rings (SSSR count). The molecule has 1 unspecified atom stereocenters. The van der Waals surface area contributed by atoms with Crippen molar-refractivity contribution in [1.82, 2.24) is 9.62 Å². The summed E-state index contributed by atoms with van der Waals surface area (Å²) in [7, 11) is -3.46. The van der Waals surface area contributed by atoms with E-state index in [0.29, 0.717) is 30.3 Å². The Bertz CT molecular complexity index is 773. The average molecular weight is 364 g/mol. The van der Waals surface area contributed by atoms with Gasteiger partial charge in [0.25, 0.3) is 0 Å². The molecule has 2 heterocycles. The summed E-state index contributed by atoms with van der Waals surface area (Å²) in [5.41, 5.74) is 1.20. The summed E-state index contributed by atoms with van der Waals surface area (Å²) in [5.74, 6) is 0.134. The van der Waals surface area contributed by atoms with Crippen molar-refractivity contribution >= 4 is 27.3 Å². The third kappa shape index (κ3) is 4.23. The summed E-state index contributed by atoms with van der Waals surface area (Å²) in [5, 5.41) is 1.74. The number of likely N-dealkylation sites (tertiary alicyclic amines) is 1. The van der Waals surface area contributed by atoms with Crippen LogP contribution >= 0.6 is 11.3 Å². The largest absolute Gasteiger partial charge is 0.342 e. The third-order valence-corrected chi connectivity index (χ3v) is 6.95. The van der Waals surface area contributed by atoms with E-state index in [4.69, 9.17) is 0 Å². The van der Waals surface area contributed by atoms with E-state index in [1.165, 1.54) is 16.9 Å². The molecule has 0 radical (unpaired) electrons. The van der Waals surface area contributed by atoms with Crippen molar-refractivity contribution in [3.05, 3.63) is 53.4 Å². The molecule has 24 heavy (non-hydrogen) atoms. The van der Waals surface area contributed by atoms with Crippen LogP contribution in [0.4, 0.5) is 0 Å². The lowest BCUT2D eigenvalue weighted by atomic mass is 10.1. The Balaban J connectivity index is 1.50. The van der Waals surface area contributed by atoms with Crippen LogP contribution in [0.2, 0.25) is 0 Å². The number of carbonyl (C=O) groups is 1. The second-order valence-corrected chi connectivity index (χ2v) is 8.87. The van der Waals surface area contributed by atoms with E-state index in [9.17, 15) is 13.2 Å². The number of hydrogen-bond acceptors (Lipinski definition) is 4. The summed E-state index contributed by atoms with van der Waals surface area (Å²) in [6.07, 6.45) is 1.22. The molecule has 7 heteroatoms. The van der Waals surface area contributed by atoms with Crippen LogP contribution in [0.1, 0.15) is 12.0 Å². The summed E-state index contributed by atoms with van der Waals surface area (Å²) in [6.45, 7) is 1.59. The highest BCUT2D eigenvalue weighted by molar-refractivity contribution is 7.91. The van der Waals surface area contributed by atoms with Gasteiger partial charge in [-0.2, -0.15) is 0 Å². The number of rotatable bonds is 7. The van der Waals surface area contributed by atoms with Crippen LogP contribution in [-0.4, -0.2) is 38.9 Å². The zero-order chi connectivity index (χ0) is 17.0. The number of hydrogen-bond donors (Lipinski definition) is 1. The number of nitrogens with zero attached hydrogens (tertiary/aromatic N) is 1. The van der Waals surface area contributed by atoms with Gasteiger partial charge in [-0.3, -0.25) is 4.79 Å². The lowest BCUT2D eigenvalue weighted by Gasteiger charge is -2.16. The Morgan fingerprint density at radius 2 is 1.96 bits per heavy atom. The van der Waals surface area contributed by atoms with Crippen molar-refractivity contribution in [2.45, 2.75) is 17.1 Å². The minimum absolute atomic E-state index is 0.0306. The minimum atomic E-state index is -3.46. The van der Waals surface area contributed by atoms with Crippen molar-refractivity contribution in [3.8, 4) is 0 Å². The van der Waals surface area contributed by atoms with Gasteiger partial charge < -0.3 is 4.90 Å². The monoisotopic (exact) mass is 364 g/mol. The Kier molecular flexibility index (Phi) is 5.33. The van der Waals surface area contributed by atoms with Gasteiger partial charge in [0, 0.05) is 26.1 Å². The van der Waals surface area contributed by atoms with Gasteiger partial charge in [0.2, 0.25) is 15.9 Å². The molecule has 1 aliphatic rings. The normalized spacial score (nSPS) is 18.2. The smallest absolute Gasteiger partial charge is 0.250 e. The highest BCUT2D eigenvalue weighted by atomic mass is 32.2. The number of amides is 1. The topological polar surface area (TPSA) is 66.5 Å². The van der Waals surface area contributed by atoms with Gasteiger partial charge in [0.1, 0.15) is 4.21 Å². The first-order valence-corrected chi connectivity index (χ1v) is 10.3. The van der Waals surface area contributed by atoms with Crippen molar-refractivity contribution < 1.29 is 13.2 Å². The second-order valence-electron chi connectivity index (χ2n) is 5.93. The highest BCUT2D eigenvalue weighted by Gasteiger charge is 2.30. The van der Waals surface area contributed by atoms with Gasteiger partial charge in [-0.25, -0.2) is 13.1 Å². The summed E-state index contributed by atoms with van der Waals surface area (Å²) in [4.78, 5) is 13.9. The standard InChI is InChI=1S/C17H20N2O3S2/c20-16-11-15(12-18-24(21,22)17-7-4-10-23-17)13-19(16)9-8-14-5-2-1-3-6-14/h1-7,10,15,18H,8-9,11-13H2. The van der Waals surface area contributed by atoms with Gasteiger partial charge in [-0.15, -0.1) is 11.3 Å². The molecule has 1 atom stereocenters. The highest BCUT2D eigenvalue weighted by Crippen LogP contribution is 2.20. The quantitative estimate of drug-likeness (QED) is 0.818. The zero-order valence-corrected chi connectivity index (χ0v) is 14.9. The number of benzene rings is 1. The molecule has 1 aromatic heterocycles. The molecule has 1 amide bonds. The SMILES string of the molecule is O=C1CC(CNS(=O)(=O)c2cccs2)CN1CCc1ccccc1. The Morgan fingerprint density at radius 1 is 1.17 bits per heavy atom. The Labute approximate surface area is 146 Å². The van der Waals surface area contributed by atoms with Crippen LogP contribution in [0.5, 0.6) is 0 Å². The van der Waals surface area contributed by atoms with E-state index >= 15 is 0 Å². The maximum absolute atomic E-state index is 12.1. The van der Waals surface area contributed by atoms with E-state index in [1.807, 2.05) is 35.2 Å². The second kappa shape index (κ2) is 7.46. The van der Waals surface area contributed by atoms with Gasteiger partial charge in [-0.05, 0) is 29.3 Å². The Hall–Kier alpha value is -1.70. The molecule has 1 aromatic carbocycles. The summed E-state index contributed by atoms with van der Waals surface area (Å²) < 4.78 is 27.2. The molecule has 5 nitrogen and oxygen atoms in total. The molecule has 1 saturated heterocycles. The van der Waals surface area contributed by atoms with Gasteiger partial charge in [-0.1, -0.05) is 36.4 Å². The number of thiophene rings is 1. The molecule has 1 N–H and O–H groups in total. The lowest BCUT2D eigenvalue weighted by molar-refractivity contribution is -0.127. The van der Waals surface area contributed by atoms with Gasteiger partial charge in [0.05, 0.1) is 0 Å². The first-order valence-electron chi connectivity index (χ1n) is 7.89. The fourth-order valence-corrected chi connectivity index (χ4v) is 4.98. The van der Waals surface area contributed by atoms with Crippen LogP contribution in [0.15, 0.2) is 52.1 Å². The molecule has 2 aromatic rings. The fourth-order valence-electron chi connectivity index (χ4n) is 2.83. The predicted octanol–water partition coefficient (Wildman–Crippen LogP) is 2.12. The number of carbonyl (C=O) groups excluding carboxylic acids is 1. The molecular weight excluding hydrogens is 344 g/mol. The van der Waals surface area contributed by atoms with Crippen LogP contribution in [-0.2, 0) is 21.2 Å². The molecule has 0 spiro atoms. The maximum Gasteiger partial charge on any atom is 0.250 e. The molecular formula is C17H20N2O3S2. The van der Waals surface area contributed by atoms with E-state index in [2.05, 4.69) is 4.72 Å². The first-order chi connectivity index (χ1) is 11.5. The predicted molar refractivity (Wildman–Crippen MR) is 94.3 cm³/mol. The summed E-state index contributed by atoms with van der Waals surface area (Å²) in [6, 6.07) is 13.3. The first kappa shape index (κ1) is 17.1. The van der Waals surface area contributed by atoms with Crippen LogP contribution in [0, 0.1) is 5.92 Å². The van der Waals surface area contributed by atoms with E-state index < -0.39 is 10.0 Å². The molecule has 0 saturated carbocycles. The maximum atomic E-state index is 12.1. The number of sulfonamides is 1. The van der Waals surface area contributed by atoms with Crippen LogP contribution < -0.4 is 4.72 Å². The molecule has 1 fully saturated rings. The zero-order valence-electron chi connectivity index (χ0n) is 13.2. The molecule has 1 aliphatic heterocycles. The van der Waals surface area contributed by atoms with Crippen molar-refractivity contribution in [2.24, 2.45) is 5.92 Å². The summed E-state index contributed by atoms with van der Waals surface area (Å²) >= 11 is 1.19. The average Bonchev–Trinajstić information content (AvgIpc) is 3.22. The van der Waals surface area contributed by atoms with E-state index in [0.717, 1.165) is 6.42 Å². The van der Waals surface area contributed by atoms with Crippen molar-refractivity contribution in [1.29, 1.82) is 0 Å². The minimum Gasteiger partial charge on any atom is -0.342 e. The van der Waals surface area contributed by atoms with Crippen molar-refractivity contribution in [3.63, 3.8) is 0 Å². The van der Waals surface area contributed by atoms with Crippen LogP contribution in [0.25, 0.3) is 0 Å². The fraction of sp³-hybridized carbons (Fsp3) is 0.353. The van der Waals surface area contributed by atoms with Gasteiger partial charge >= 0.3 is 0 Å². The third-order valence-electron chi connectivity index (χ3n) is 4.13. The van der Waals surface area contributed by atoms with Crippen LogP contribution in [0.3, 0.4) is 0 Å². The van der Waals surface area contributed by atoms with E-state index in [-0.39, 0.29) is 11.8 Å².